The summed E-state index contributed by atoms with van der Waals surface area (Å²) in [4.78, 5) is 42.0. The van der Waals surface area contributed by atoms with Crippen LogP contribution in [0.25, 0.3) is 11.3 Å². The van der Waals surface area contributed by atoms with Crippen molar-refractivity contribution in [3.8, 4) is 11.3 Å². The average molecular weight is 406 g/mol. The molecule has 2 heterocycles. The van der Waals surface area contributed by atoms with E-state index in [0.29, 0.717) is 11.3 Å². The highest BCUT2D eigenvalue weighted by molar-refractivity contribution is 7.14. The second kappa shape index (κ2) is 6.62. The fourth-order valence-corrected chi connectivity index (χ4v) is 3.95. The van der Waals surface area contributed by atoms with Crippen LogP contribution in [-0.4, -0.2) is 39.8 Å². The number of thiazole rings is 1. The molecule has 10 heteroatoms. The minimum atomic E-state index is -0.992. The lowest BCUT2D eigenvalue weighted by Crippen LogP contribution is -2.46. The molecule has 0 radical (unpaired) electrons. The SMILES string of the molecule is C[C@@]1(C2CC2)NC(=O)N(CC(=O)Nc2nc(-c3ccc(F)c(F)c3)cs2)C1=O. The van der Waals surface area contributed by atoms with Gasteiger partial charge in [-0.3, -0.25) is 14.5 Å². The second-order valence-corrected chi connectivity index (χ2v) is 7.87. The molecule has 1 aliphatic heterocycles. The van der Waals surface area contributed by atoms with Crippen molar-refractivity contribution in [1.29, 1.82) is 0 Å². The van der Waals surface area contributed by atoms with E-state index in [1.165, 1.54) is 6.07 Å². The summed E-state index contributed by atoms with van der Waals surface area (Å²) >= 11 is 1.09. The van der Waals surface area contributed by atoms with Crippen LogP contribution < -0.4 is 10.6 Å². The van der Waals surface area contributed by atoms with Gasteiger partial charge in [-0.15, -0.1) is 11.3 Å². The summed E-state index contributed by atoms with van der Waals surface area (Å²) in [7, 11) is 0. The van der Waals surface area contributed by atoms with Gasteiger partial charge in [0, 0.05) is 10.9 Å². The van der Waals surface area contributed by atoms with E-state index in [1.807, 2.05) is 0 Å². The molecule has 1 aliphatic carbocycles. The van der Waals surface area contributed by atoms with Crippen molar-refractivity contribution in [3.05, 3.63) is 35.2 Å². The van der Waals surface area contributed by atoms with Gasteiger partial charge >= 0.3 is 6.03 Å². The molecule has 1 saturated carbocycles. The molecule has 0 unspecified atom stereocenters. The maximum atomic E-state index is 13.4. The topological polar surface area (TPSA) is 91.4 Å². The third kappa shape index (κ3) is 3.24. The van der Waals surface area contributed by atoms with Crippen LogP contribution in [0.15, 0.2) is 23.6 Å². The fraction of sp³-hybridized carbons (Fsp3) is 0.333. The Morgan fingerprint density at radius 2 is 2.11 bits per heavy atom. The third-order valence-electron chi connectivity index (χ3n) is 4.96. The van der Waals surface area contributed by atoms with Crippen LogP contribution in [0.4, 0.5) is 18.7 Å². The van der Waals surface area contributed by atoms with Crippen LogP contribution in [0.2, 0.25) is 0 Å². The number of carbonyl (C=O) groups is 3. The molecule has 2 aliphatic rings. The second-order valence-electron chi connectivity index (χ2n) is 7.01. The molecule has 1 atom stereocenters. The summed E-state index contributed by atoms with van der Waals surface area (Å²) in [6.07, 6.45) is 1.74. The summed E-state index contributed by atoms with van der Waals surface area (Å²) in [6, 6.07) is 2.81. The smallest absolute Gasteiger partial charge is 0.323 e. The van der Waals surface area contributed by atoms with Crippen LogP contribution in [0.3, 0.4) is 0 Å². The number of imide groups is 1. The molecule has 4 rings (SSSR count). The van der Waals surface area contributed by atoms with Crippen molar-refractivity contribution in [2.24, 2.45) is 5.92 Å². The lowest BCUT2D eigenvalue weighted by Gasteiger charge is -2.20. The Labute approximate surface area is 162 Å². The molecular formula is C18H16F2N4O3S. The number of nitrogens with zero attached hydrogens (tertiary/aromatic N) is 2. The van der Waals surface area contributed by atoms with E-state index in [0.717, 1.165) is 41.2 Å². The van der Waals surface area contributed by atoms with Crippen LogP contribution in [-0.2, 0) is 9.59 Å². The number of hydrogen-bond acceptors (Lipinski definition) is 5. The summed E-state index contributed by atoms with van der Waals surface area (Å²) < 4.78 is 26.4. The van der Waals surface area contributed by atoms with Crippen molar-refractivity contribution >= 4 is 34.3 Å². The van der Waals surface area contributed by atoms with Gasteiger partial charge in [-0.2, -0.15) is 0 Å². The van der Waals surface area contributed by atoms with Crippen molar-refractivity contribution in [3.63, 3.8) is 0 Å². The van der Waals surface area contributed by atoms with Gasteiger partial charge in [-0.05, 0) is 43.9 Å². The zero-order valence-electron chi connectivity index (χ0n) is 14.8. The van der Waals surface area contributed by atoms with Crippen LogP contribution >= 0.6 is 11.3 Å². The first-order valence-corrected chi connectivity index (χ1v) is 9.51. The number of aromatic nitrogens is 1. The van der Waals surface area contributed by atoms with E-state index in [1.54, 1.807) is 12.3 Å². The number of halogens is 2. The Bertz CT molecular complexity index is 991. The first-order chi connectivity index (χ1) is 13.3. The number of benzene rings is 1. The van der Waals surface area contributed by atoms with E-state index in [4.69, 9.17) is 0 Å². The van der Waals surface area contributed by atoms with E-state index in [-0.39, 0.29) is 11.0 Å². The number of amides is 4. The van der Waals surface area contributed by atoms with Crippen molar-refractivity contribution in [2.75, 3.05) is 11.9 Å². The molecule has 0 spiro atoms. The molecule has 2 N–H and O–H groups in total. The minimum absolute atomic E-state index is 0.106. The van der Waals surface area contributed by atoms with Crippen molar-refractivity contribution < 1.29 is 23.2 Å². The molecule has 7 nitrogen and oxygen atoms in total. The van der Waals surface area contributed by atoms with Gasteiger partial charge in [0.15, 0.2) is 16.8 Å². The summed E-state index contributed by atoms with van der Waals surface area (Å²) in [6.45, 7) is 1.25. The van der Waals surface area contributed by atoms with Gasteiger partial charge in [0.2, 0.25) is 5.91 Å². The average Bonchev–Trinajstić information content (AvgIpc) is 3.37. The number of anilines is 1. The standard InChI is InChI=1S/C18H16F2N4O3S/c1-18(10-3-4-10)15(26)24(17(27)23-18)7-14(25)22-16-21-13(8-28-16)9-2-5-11(19)12(20)6-9/h2,5-6,8,10H,3-4,7H2,1H3,(H,23,27)(H,21,22,25)/t18-/m0/s1. The molecular weight excluding hydrogens is 390 g/mol. The zero-order chi connectivity index (χ0) is 20.1. The summed E-state index contributed by atoms with van der Waals surface area (Å²) in [5.74, 6) is -2.83. The molecule has 2 aromatic rings. The fourth-order valence-electron chi connectivity index (χ4n) is 3.22. The molecule has 1 saturated heterocycles. The lowest BCUT2D eigenvalue weighted by molar-refractivity contribution is -0.134. The van der Waals surface area contributed by atoms with E-state index in [2.05, 4.69) is 15.6 Å². The third-order valence-corrected chi connectivity index (χ3v) is 5.72. The first kappa shape index (κ1) is 18.5. The summed E-state index contributed by atoms with van der Waals surface area (Å²) in [5, 5.41) is 7.01. The quantitative estimate of drug-likeness (QED) is 0.747. The highest BCUT2D eigenvalue weighted by atomic mass is 32.1. The van der Waals surface area contributed by atoms with Gasteiger partial charge < -0.3 is 10.6 Å². The monoisotopic (exact) mass is 406 g/mol. The highest BCUT2D eigenvalue weighted by Crippen LogP contribution is 2.42. The van der Waals surface area contributed by atoms with E-state index in [9.17, 15) is 23.2 Å². The summed E-state index contributed by atoms with van der Waals surface area (Å²) in [5.41, 5.74) is -0.210. The van der Waals surface area contributed by atoms with Gasteiger partial charge in [0.05, 0.1) is 5.69 Å². The molecule has 146 valence electrons. The Kier molecular flexibility index (Phi) is 4.37. The van der Waals surface area contributed by atoms with Crippen LogP contribution in [0, 0.1) is 17.6 Å². The minimum Gasteiger partial charge on any atom is -0.323 e. The Hall–Kier alpha value is -2.88. The first-order valence-electron chi connectivity index (χ1n) is 8.63. The van der Waals surface area contributed by atoms with Gasteiger partial charge in [0.1, 0.15) is 12.1 Å². The number of hydrogen-bond donors (Lipinski definition) is 2. The lowest BCUT2D eigenvalue weighted by atomic mass is 9.96. The van der Waals surface area contributed by atoms with Crippen molar-refractivity contribution in [1.82, 2.24) is 15.2 Å². The van der Waals surface area contributed by atoms with E-state index < -0.39 is 41.6 Å². The molecule has 0 bridgehead atoms. The Balaban J connectivity index is 1.42. The van der Waals surface area contributed by atoms with Crippen LogP contribution in [0.5, 0.6) is 0 Å². The normalized spacial score (nSPS) is 21.8. The van der Waals surface area contributed by atoms with E-state index >= 15 is 0 Å². The predicted octanol–water partition coefficient (Wildman–Crippen LogP) is 2.75. The zero-order valence-corrected chi connectivity index (χ0v) is 15.6. The Morgan fingerprint density at radius 3 is 2.79 bits per heavy atom. The number of nitrogens with one attached hydrogen (secondary N) is 2. The maximum Gasteiger partial charge on any atom is 0.325 e. The molecule has 1 aromatic heterocycles. The van der Waals surface area contributed by atoms with Gasteiger partial charge in [0.25, 0.3) is 5.91 Å². The largest absolute Gasteiger partial charge is 0.325 e. The molecule has 28 heavy (non-hydrogen) atoms. The molecule has 2 fully saturated rings. The molecule has 1 aromatic carbocycles. The van der Waals surface area contributed by atoms with Gasteiger partial charge in [-0.1, -0.05) is 0 Å². The van der Waals surface area contributed by atoms with Crippen LogP contribution in [0.1, 0.15) is 19.8 Å². The highest BCUT2D eigenvalue weighted by Gasteiger charge is 2.56. The molecule has 4 amide bonds. The number of urea groups is 1. The Morgan fingerprint density at radius 1 is 1.36 bits per heavy atom. The number of carbonyl (C=O) groups excluding carboxylic acids is 3. The van der Waals surface area contributed by atoms with Gasteiger partial charge in [-0.25, -0.2) is 18.6 Å². The van der Waals surface area contributed by atoms with Crippen molar-refractivity contribution in [2.45, 2.75) is 25.3 Å². The number of rotatable bonds is 5. The maximum absolute atomic E-state index is 13.4. The predicted molar refractivity (Wildman–Crippen MR) is 97.5 cm³/mol.